The zero-order valence-electron chi connectivity index (χ0n) is 17.4. The molecule has 0 radical (unpaired) electrons. The Hall–Kier alpha value is -3.56. The molecular formula is C27H24N2O. The molecule has 0 fully saturated rings. The van der Waals surface area contributed by atoms with Gasteiger partial charge in [-0.05, 0) is 48.2 Å². The van der Waals surface area contributed by atoms with Gasteiger partial charge in [0.05, 0.1) is 11.0 Å². The Kier molecular flexibility index (Phi) is 5.55. The van der Waals surface area contributed by atoms with Crippen LogP contribution in [-0.2, 0) is 0 Å². The van der Waals surface area contributed by atoms with Crippen LogP contribution in [0.2, 0.25) is 0 Å². The minimum Gasteiger partial charge on any atom is -0.400 e. The van der Waals surface area contributed by atoms with Gasteiger partial charge in [-0.3, -0.25) is 9.97 Å². The van der Waals surface area contributed by atoms with Crippen LogP contribution in [0.5, 0.6) is 0 Å². The van der Waals surface area contributed by atoms with E-state index < -0.39 is 0 Å². The molecule has 0 atom stereocenters. The minimum atomic E-state index is 0.970. The molecule has 30 heavy (non-hydrogen) atoms. The second-order valence-electron chi connectivity index (χ2n) is 7.21. The van der Waals surface area contributed by atoms with Crippen LogP contribution in [0.4, 0.5) is 0 Å². The lowest BCUT2D eigenvalue weighted by molar-refractivity contribution is 0.399. The summed E-state index contributed by atoms with van der Waals surface area (Å²) in [7, 11) is 1.00. The third-order valence-corrected chi connectivity index (χ3v) is 5.18. The van der Waals surface area contributed by atoms with Crippen LogP contribution in [0.3, 0.4) is 0 Å². The summed E-state index contributed by atoms with van der Waals surface area (Å²) in [5.41, 5.74) is 8.76. The molecule has 1 N–H and O–H groups in total. The van der Waals surface area contributed by atoms with Crippen molar-refractivity contribution in [3.63, 3.8) is 0 Å². The number of pyridine rings is 2. The molecular weight excluding hydrogens is 368 g/mol. The zero-order valence-corrected chi connectivity index (χ0v) is 17.4. The van der Waals surface area contributed by atoms with Crippen molar-refractivity contribution in [2.75, 3.05) is 7.11 Å². The molecule has 2 heterocycles. The van der Waals surface area contributed by atoms with E-state index in [1.165, 1.54) is 22.3 Å². The van der Waals surface area contributed by atoms with Crippen molar-refractivity contribution in [2.45, 2.75) is 13.8 Å². The van der Waals surface area contributed by atoms with Crippen LogP contribution in [0.1, 0.15) is 11.4 Å². The van der Waals surface area contributed by atoms with E-state index in [1.807, 2.05) is 12.1 Å². The third kappa shape index (κ3) is 3.56. The first-order chi connectivity index (χ1) is 14.7. The van der Waals surface area contributed by atoms with Gasteiger partial charge in [0, 0.05) is 29.3 Å². The molecule has 5 aromatic rings. The average molecular weight is 393 g/mol. The molecule has 0 bridgehead atoms. The van der Waals surface area contributed by atoms with Gasteiger partial charge in [0.2, 0.25) is 0 Å². The van der Waals surface area contributed by atoms with Gasteiger partial charge in [0.1, 0.15) is 0 Å². The smallest absolute Gasteiger partial charge is 0.0974 e. The highest BCUT2D eigenvalue weighted by Gasteiger charge is 2.13. The zero-order chi connectivity index (χ0) is 21.1. The van der Waals surface area contributed by atoms with E-state index in [9.17, 15) is 0 Å². The molecule has 0 aliphatic heterocycles. The lowest BCUT2D eigenvalue weighted by Crippen LogP contribution is -1.94. The fraction of sp³-hybridized carbons (Fsp3) is 0.111. The maximum Gasteiger partial charge on any atom is 0.0974 e. The molecule has 0 aliphatic rings. The van der Waals surface area contributed by atoms with Crippen LogP contribution in [-0.4, -0.2) is 22.2 Å². The van der Waals surface area contributed by atoms with E-state index in [-0.39, 0.29) is 0 Å². The Morgan fingerprint density at radius 3 is 1.27 bits per heavy atom. The van der Waals surface area contributed by atoms with Crippen molar-refractivity contribution < 1.29 is 5.11 Å². The number of benzene rings is 3. The SMILES string of the molecule is CO.Cc1cc(-c2ccccc2)c2ccc3c(-c4ccccc4)cc(C)nc3c2n1. The van der Waals surface area contributed by atoms with Crippen molar-refractivity contribution in [2.24, 2.45) is 0 Å². The van der Waals surface area contributed by atoms with Crippen LogP contribution in [0, 0.1) is 13.8 Å². The number of rotatable bonds is 2. The van der Waals surface area contributed by atoms with E-state index in [0.717, 1.165) is 40.3 Å². The summed E-state index contributed by atoms with van der Waals surface area (Å²) < 4.78 is 0. The van der Waals surface area contributed by atoms with Gasteiger partial charge >= 0.3 is 0 Å². The number of nitrogens with zero attached hydrogens (tertiary/aromatic N) is 2. The Morgan fingerprint density at radius 1 is 0.533 bits per heavy atom. The Bertz CT molecular complexity index is 1210. The van der Waals surface area contributed by atoms with Crippen molar-refractivity contribution >= 4 is 21.8 Å². The summed E-state index contributed by atoms with van der Waals surface area (Å²) in [4.78, 5) is 9.81. The predicted octanol–water partition coefficient (Wildman–Crippen LogP) is 6.34. The minimum absolute atomic E-state index is 0.970. The maximum atomic E-state index is 7.00. The molecule has 3 aromatic carbocycles. The summed E-state index contributed by atoms with van der Waals surface area (Å²) in [5.74, 6) is 0. The van der Waals surface area contributed by atoms with E-state index >= 15 is 0 Å². The van der Waals surface area contributed by atoms with E-state index in [0.29, 0.717) is 0 Å². The highest BCUT2D eigenvalue weighted by Crippen LogP contribution is 2.36. The lowest BCUT2D eigenvalue weighted by atomic mass is 9.95. The molecule has 2 aromatic heterocycles. The fourth-order valence-corrected chi connectivity index (χ4v) is 3.94. The molecule has 0 unspecified atom stereocenters. The normalized spacial score (nSPS) is 10.7. The molecule has 148 valence electrons. The Balaban J connectivity index is 0.00000106. The molecule has 0 saturated carbocycles. The molecule has 3 nitrogen and oxygen atoms in total. The van der Waals surface area contributed by atoms with E-state index in [4.69, 9.17) is 15.1 Å². The summed E-state index contributed by atoms with van der Waals surface area (Å²) in [6, 6.07) is 29.7. The number of hydrogen-bond donors (Lipinski definition) is 1. The number of hydrogen-bond acceptors (Lipinski definition) is 3. The maximum absolute atomic E-state index is 7.00. The topological polar surface area (TPSA) is 46.0 Å². The van der Waals surface area contributed by atoms with Gasteiger partial charge in [-0.1, -0.05) is 72.8 Å². The summed E-state index contributed by atoms with van der Waals surface area (Å²) in [6.45, 7) is 4.11. The Labute approximate surface area is 176 Å². The van der Waals surface area contributed by atoms with E-state index in [1.54, 1.807) is 0 Å². The molecule has 0 saturated heterocycles. The van der Waals surface area contributed by atoms with Crippen LogP contribution >= 0.6 is 0 Å². The van der Waals surface area contributed by atoms with Crippen LogP contribution in [0.25, 0.3) is 44.1 Å². The van der Waals surface area contributed by atoms with Crippen molar-refractivity contribution in [3.8, 4) is 22.3 Å². The standard InChI is InChI=1S/C26H20N2.CH4O/c1-17-15-23(19-9-5-3-6-10-19)21-13-14-22-24(20-11-7-4-8-12-20)16-18(2)28-26(22)25(21)27-17;1-2/h3-16H,1-2H3;2H,1H3. The molecule has 5 rings (SSSR count). The van der Waals surface area contributed by atoms with Gasteiger partial charge in [-0.2, -0.15) is 0 Å². The van der Waals surface area contributed by atoms with Gasteiger partial charge < -0.3 is 5.11 Å². The second kappa shape index (κ2) is 8.44. The first-order valence-electron chi connectivity index (χ1n) is 9.98. The first-order valence-corrected chi connectivity index (χ1v) is 9.98. The third-order valence-electron chi connectivity index (χ3n) is 5.18. The first kappa shape index (κ1) is 19.7. The van der Waals surface area contributed by atoms with Gasteiger partial charge in [-0.25, -0.2) is 0 Å². The monoisotopic (exact) mass is 392 g/mol. The molecule has 0 amide bonds. The second-order valence-corrected chi connectivity index (χ2v) is 7.21. The fourth-order valence-electron chi connectivity index (χ4n) is 3.94. The molecule has 0 aliphatic carbocycles. The number of aromatic nitrogens is 2. The molecule has 0 spiro atoms. The Morgan fingerprint density at radius 2 is 0.900 bits per heavy atom. The van der Waals surface area contributed by atoms with Gasteiger partial charge in [0.15, 0.2) is 0 Å². The number of fused-ring (bicyclic) bond motifs is 3. The van der Waals surface area contributed by atoms with Crippen LogP contribution in [0.15, 0.2) is 84.9 Å². The summed E-state index contributed by atoms with van der Waals surface area (Å²) in [5, 5.41) is 9.28. The predicted molar refractivity (Wildman–Crippen MR) is 126 cm³/mol. The highest BCUT2D eigenvalue weighted by atomic mass is 16.2. The van der Waals surface area contributed by atoms with Crippen molar-refractivity contribution in [3.05, 3.63) is 96.3 Å². The van der Waals surface area contributed by atoms with Crippen LogP contribution < -0.4 is 0 Å². The number of aliphatic hydroxyl groups is 1. The van der Waals surface area contributed by atoms with Gasteiger partial charge in [-0.15, -0.1) is 0 Å². The van der Waals surface area contributed by atoms with E-state index in [2.05, 4.69) is 86.6 Å². The largest absolute Gasteiger partial charge is 0.400 e. The number of aliphatic hydroxyl groups excluding tert-OH is 1. The number of aryl methyl sites for hydroxylation is 2. The highest BCUT2D eigenvalue weighted by molar-refractivity contribution is 6.12. The van der Waals surface area contributed by atoms with Crippen molar-refractivity contribution in [1.29, 1.82) is 0 Å². The summed E-state index contributed by atoms with van der Waals surface area (Å²) >= 11 is 0. The quantitative estimate of drug-likeness (QED) is 0.356. The summed E-state index contributed by atoms with van der Waals surface area (Å²) in [6.07, 6.45) is 0. The van der Waals surface area contributed by atoms with Crippen molar-refractivity contribution in [1.82, 2.24) is 9.97 Å². The van der Waals surface area contributed by atoms with Gasteiger partial charge in [0.25, 0.3) is 0 Å². The molecule has 3 heteroatoms. The lowest BCUT2D eigenvalue weighted by Gasteiger charge is -2.13. The average Bonchev–Trinajstić information content (AvgIpc) is 2.80.